The minimum absolute atomic E-state index is 0.126. The van der Waals surface area contributed by atoms with Crippen LogP contribution >= 0.6 is 0 Å². The third kappa shape index (κ3) is 3.29. The minimum atomic E-state index is -0.662. The first kappa shape index (κ1) is 21.7. The van der Waals surface area contributed by atoms with E-state index in [0.717, 1.165) is 12.8 Å². The number of carboxylic acid groups (broad SMARTS) is 1. The number of hydrogen-bond acceptors (Lipinski definition) is 2. The fraction of sp³-hybridized carbons (Fsp3) is 0.962. The lowest BCUT2D eigenvalue weighted by Gasteiger charge is -2.64. The molecule has 0 aromatic heterocycles. The van der Waals surface area contributed by atoms with Crippen LogP contribution in [-0.4, -0.2) is 22.3 Å². The minimum Gasteiger partial charge on any atom is -0.481 e. The Kier molecular flexibility index (Phi) is 5.86. The van der Waals surface area contributed by atoms with Crippen molar-refractivity contribution in [2.24, 2.45) is 52.3 Å². The summed E-state index contributed by atoms with van der Waals surface area (Å²) in [7, 11) is 0. The molecule has 0 amide bonds. The quantitative estimate of drug-likeness (QED) is 0.578. The van der Waals surface area contributed by atoms with Gasteiger partial charge in [0.2, 0.25) is 0 Å². The number of hydrogen-bond donors (Lipinski definition) is 2. The van der Waals surface area contributed by atoms with Gasteiger partial charge in [0.25, 0.3) is 0 Å². The van der Waals surface area contributed by atoms with Crippen molar-refractivity contribution in [1.29, 1.82) is 0 Å². The fourth-order valence-corrected chi connectivity index (χ4v) is 9.57. The van der Waals surface area contributed by atoms with E-state index >= 15 is 0 Å². The van der Waals surface area contributed by atoms with E-state index in [4.69, 9.17) is 5.11 Å². The molecule has 0 spiro atoms. The second kappa shape index (κ2) is 7.84. The van der Waals surface area contributed by atoms with E-state index in [0.29, 0.717) is 53.3 Å². The van der Waals surface area contributed by atoms with Gasteiger partial charge in [0.05, 0.1) is 6.10 Å². The van der Waals surface area contributed by atoms with E-state index in [9.17, 15) is 9.90 Å². The molecule has 166 valence electrons. The predicted octanol–water partition coefficient (Wildman–Crippen LogP) is 6.14. The van der Waals surface area contributed by atoms with Crippen LogP contribution in [0.4, 0.5) is 0 Å². The molecule has 0 heterocycles. The van der Waals surface area contributed by atoms with Crippen LogP contribution in [0.2, 0.25) is 0 Å². The average molecular weight is 405 g/mol. The maximum Gasteiger partial charge on any atom is 0.303 e. The van der Waals surface area contributed by atoms with Crippen molar-refractivity contribution in [3.63, 3.8) is 0 Å². The molecule has 3 heteroatoms. The predicted molar refractivity (Wildman–Crippen MR) is 116 cm³/mol. The number of rotatable bonds is 5. The Morgan fingerprint density at radius 2 is 1.72 bits per heavy atom. The molecule has 0 bridgehead atoms. The molecule has 0 radical (unpaired) electrons. The largest absolute Gasteiger partial charge is 0.481 e. The zero-order chi connectivity index (χ0) is 21.0. The summed E-state index contributed by atoms with van der Waals surface area (Å²) in [6.45, 7) is 9.69. The highest BCUT2D eigenvalue weighted by Crippen LogP contribution is 2.69. The second-order valence-electron chi connectivity index (χ2n) is 11.8. The average Bonchev–Trinajstić information content (AvgIpc) is 3.04. The molecule has 4 rings (SSSR count). The SMILES string of the molecule is CC[C@H]1[C@@H](O)[C@@H]2[C@H](CC[C@]3(C)[C@@H](C(C)CCC(=O)O)CC[C@@H]23)[C@@]2(C)CCCC[C@@H]12. The van der Waals surface area contributed by atoms with Crippen molar-refractivity contribution in [2.45, 2.75) is 104 Å². The first-order chi connectivity index (χ1) is 13.7. The molecular formula is C26H44O3. The first-order valence-corrected chi connectivity index (χ1v) is 12.6. The smallest absolute Gasteiger partial charge is 0.303 e. The number of aliphatic hydroxyl groups is 1. The molecule has 0 aromatic carbocycles. The molecule has 29 heavy (non-hydrogen) atoms. The van der Waals surface area contributed by atoms with Crippen LogP contribution in [0.25, 0.3) is 0 Å². The molecule has 3 nitrogen and oxygen atoms in total. The number of aliphatic carboxylic acids is 1. The summed E-state index contributed by atoms with van der Waals surface area (Å²) in [5.41, 5.74) is 0.716. The van der Waals surface area contributed by atoms with Gasteiger partial charge in [0.1, 0.15) is 0 Å². The first-order valence-electron chi connectivity index (χ1n) is 12.6. The van der Waals surface area contributed by atoms with Crippen LogP contribution < -0.4 is 0 Å². The highest BCUT2D eigenvalue weighted by molar-refractivity contribution is 5.66. The highest BCUT2D eigenvalue weighted by atomic mass is 16.4. The summed E-state index contributed by atoms with van der Waals surface area (Å²) in [6.07, 6.45) is 12.5. The number of carboxylic acids is 1. The van der Waals surface area contributed by atoms with E-state index in [-0.39, 0.29) is 11.5 Å². The monoisotopic (exact) mass is 404 g/mol. The van der Waals surface area contributed by atoms with Gasteiger partial charge in [-0.25, -0.2) is 0 Å². The van der Waals surface area contributed by atoms with Crippen molar-refractivity contribution in [2.75, 3.05) is 0 Å². The second-order valence-corrected chi connectivity index (χ2v) is 11.8. The van der Waals surface area contributed by atoms with E-state index in [2.05, 4.69) is 27.7 Å². The van der Waals surface area contributed by atoms with Gasteiger partial charge >= 0.3 is 5.97 Å². The van der Waals surface area contributed by atoms with Gasteiger partial charge in [-0.2, -0.15) is 0 Å². The molecule has 10 atom stereocenters. The van der Waals surface area contributed by atoms with Crippen LogP contribution in [0.1, 0.15) is 98.3 Å². The summed E-state index contributed by atoms with van der Waals surface area (Å²) in [5.74, 6) is 3.41. The summed E-state index contributed by atoms with van der Waals surface area (Å²) in [6, 6.07) is 0. The Hall–Kier alpha value is -0.570. The van der Waals surface area contributed by atoms with E-state index < -0.39 is 5.97 Å². The molecule has 4 fully saturated rings. The van der Waals surface area contributed by atoms with Gasteiger partial charge in [-0.05, 0) is 97.2 Å². The standard InChI is InChI=1S/C26H44O3/c1-5-17-19-8-6-7-14-25(19,3)21-13-15-26(4)18(16(2)9-12-22(27)28)10-11-20(26)23(21)24(17)29/h16-21,23-24,29H,5-15H2,1-4H3,(H,27,28)/t16?,17-,18-,19+,20+,21+,23+,24-,25+,26-/m1/s1. The van der Waals surface area contributed by atoms with Crippen LogP contribution in [-0.2, 0) is 4.79 Å². The molecule has 4 aliphatic rings. The van der Waals surface area contributed by atoms with Crippen molar-refractivity contribution in [1.82, 2.24) is 0 Å². The summed E-state index contributed by atoms with van der Waals surface area (Å²) in [4.78, 5) is 11.1. The van der Waals surface area contributed by atoms with E-state index in [1.807, 2.05) is 0 Å². The van der Waals surface area contributed by atoms with Gasteiger partial charge in [0.15, 0.2) is 0 Å². The molecule has 2 N–H and O–H groups in total. The normalized spacial score (nSPS) is 50.3. The highest BCUT2D eigenvalue weighted by Gasteiger charge is 2.64. The summed E-state index contributed by atoms with van der Waals surface area (Å²) in [5, 5.41) is 20.9. The van der Waals surface area contributed by atoms with Crippen LogP contribution in [0.5, 0.6) is 0 Å². The van der Waals surface area contributed by atoms with Gasteiger partial charge in [-0.15, -0.1) is 0 Å². The Bertz CT molecular complexity index is 617. The van der Waals surface area contributed by atoms with Gasteiger partial charge in [-0.1, -0.05) is 47.0 Å². The fourth-order valence-electron chi connectivity index (χ4n) is 9.57. The molecule has 0 saturated heterocycles. The zero-order valence-electron chi connectivity index (χ0n) is 19.2. The van der Waals surface area contributed by atoms with E-state index in [1.54, 1.807) is 0 Å². The van der Waals surface area contributed by atoms with Gasteiger partial charge < -0.3 is 10.2 Å². The molecular weight excluding hydrogens is 360 g/mol. The lowest BCUT2D eigenvalue weighted by Crippen LogP contribution is -2.61. The summed E-state index contributed by atoms with van der Waals surface area (Å²) >= 11 is 0. The summed E-state index contributed by atoms with van der Waals surface area (Å²) < 4.78 is 0. The van der Waals surface area contributed by atoms with Crippen LogP contribution in [0, 0.1) is 52.3 Å². The lowest BCUT2D eigenvalue weighted by atomic mass is 9.41. The molecule has 4 saturated carbocycles. The van der Waals surface area contributed by atoms with E-state index in [1.165, 1.54) is 51.4 Å². The molecule has 1 unspecified atom stereocenters. The van der Waals surface area contributed by atoms with Gasteiger partial charge in [0, 0.05) is 6.42 Å². The van der Waals surface area contributed by atoms with Crippen molar-refractivity contribution in [3.05, 3.63) is 0 Å². The van der Waals surface area contributed by atoms with Crippen molar-refractivity contribution < 1.29 is 15.0 Å². The third-order valence-electron chi connectivity index (χ3n) is 10.9. The Labute approximate surface area is 178 Å². The maximum atomic E-state index is 11.7. The number of fused-ring (bicyclic) bond motifs is 5. The van der Waals surface area contributed by atoms with Gasteiger partial charge in [-0.3, -0.25) is 4.79 Å². The Balaban J connectivity index is 1.61. The van der Waals surface area contributed by atoms with Crippen molar-refractivity contribution >= 4 is 5.97 Å². The number of aliphatic hydroxyl groups excluding tert-OH is 1. The molecule has 4 aliphatic carbocycles. The molecule has 0 aromatic rings. The zero-order valence-corrected chi connectivity index (χ0v) is 19.2. The van der Waals surface area contributed by atoms with Crippen LogP contribution in [0.15, 0.2) is 0 Å². The third-order valence-corrected chi connectivity index (χ3v) is 10.9. The van der Waals surface area contributed by atoms with Crippen molar-refractivity contribution in [3.8, 4) is 0 Å². The number of carbonyl (C=O) groups is 1. The van der Waals surface area contributed by atoms with Crippen LogP contribution in [0.3, 0.4) is 0 Å². The Morgan fingerprint density at radius 3 is 2.41 bits per heavy atom. The Morgan fingerprint density at radius 1 is 1.00 bits per heavy atom. The lowest BCUT2D eigenvalue weighted by molar-refractivity contribution is -0.194. The maximum absolute atomic E-state index is 11.7. The topological polar surface area (TPSA) is 57.5 Å². The molecule has 0 aliphatic heterocycles.